The molecule has 0 bridgehead atoms. The second-order valence-corrected chi connectivity index (χ2v) is 4.03. The van der Waals surface area contributed by atoms with Gasteiger partial charge in [0.1, 0.15) is 0 Å². The van der Waals surface area contributed by atoms with Gasteiger partial charge in [0, 0.05) is 5.02 Å². The third-order valence-electron chi connectivity index (χ3n) is 2.62. The van der Waals surface area contributed by atoms with E-state index in [4.69, 9.17) is 11.6 Å². The summed E-state index contributed by atoms with van der Waals surface area (Å²) in [5, 5.41) is 3.04. The maximum Gasteiger partial charge on any atom is 0.325 e. The van der Waals surface area contributed by atoms with E-state index in [9.17, 15) is 9.59 Å². The van der Waals surface area contributed by atoms with Crippen molar-refractivity contribution in [2.75, 3.05) is 6.54 Å². The van der Waals surface area contributed by atoms with E-state index < -0.39 is 0 Å². The molecule has 5 heteroatoms. The molecule has 0 radical (unpaired) electrons. The first kappa shape index (κ1) is 11.0. The van der Waals surface area contributed by atoms with Crippen LogP contribution >= 0.6 is 11.6 Å². The molecule has 0 aliphatic carbocycles. The Hall–Kier alpha value is -1.55. The number of carbonyl (C=O) groups is 2. The number of hydrogen-bond donors (Lipinski definition) is 1. The molecule has 1 aromatic rings. The number of imide groups is 1. The Morgan fingerprint density at radius 3 is 2.62 bits per heavy atom. The lowest BCUT2D eigenvalue weighted by Gasteiger charge is -2.22. The average molecular weight is 239 g/mol. The minimum Gasteiger partial charge on any atom is -0.329 e. The lowest BCUT2D eigenvalue weighted by Crippen LogP contribution is -2.33. The fourth-order valence-corrected chi connectivity index (χ4v) is 2.07. The molecular formula is C11H11ClN2O2. The fourth-order valence-electron chi connectivity index (χ4n) is 1.78. The molecule has 1 atom stereocenters. The number of nitrogens with zero attached hydrogens (tertiary/aromatic N) is 1. The number of amides is 3. The quantitative estimate of drug-likeness (QED) is 0.801. The van der Waals surface area contributed by atoms with Gasteiger partial charge in [0.25, 0.3) is 5.91 Å². The highest BCUT2D eigenvalue weighted by atomic mass is 35.5. The van der Waals surface area contributed by atoms with Gasteiger partial charge < -0.3 is 5.32 Å². The highest BCUT2D eigenvalue weighted by molar-refractivity contribution is 6.31. The van der Waals surface area contributed by atoms with Gasteiger partial charge in [-0.25, -0.2) is 4.79 Å². The normalized spacial score (nSPS) is 17.5. The number of halogens is 1. The van der Waals surface area contributed by atoms with Gasteiger partial charge in [-0.3, -0.25) is 9.69 Å². The van der Waals surface area contributed by atoms with Crippen molar-refractivity contribution < 1.29 is 9.59 Å². The van der Waals surface area contributed by atoms with Gasteiger partial charge in [-0.15, -0.1) is 0 Å². The second kappa shape index (κ2) is 4.14. The van der Waals surface area contributed by atoms with E-state index in [1.165, 1.54) is 4.90 Å². The van der Waals surface area contributed by atoms with Crippen molar-refractivity contribution in [1.82, 2.24) is 10.2 Å². The van der Waals surface area contributed by atoms with Gasteiger partial charge in [0.05, 0.1) is 12.6 Å². The molecule has 16 heavy (non-hydrogen) atoms. The zero-order chi connectivity index (χ0) is 11.7. The van der Waals surface area contributed by atoms with Crippen LogP contribution in [0.25, 0.3) is 0 Å². The second-order valence-electron chi connectivity index (χ2n) is 3.62. The first-order valence-corrected chi connectivity index (χ1v) is 5.33. The Bertz CT molecular complexity index is 431. The zero-order valence-electron chi connectivity index (χ0n) is 8.74. The predicted molar refractivity (Wildman–Crippen MR) is 60.1 cm³/mol. The molecule has 0 spiro atoms. The third kappa shape index (κ3) is 1.76. The molecule has 1 heterocycles. The van der Waals surface area contributed by atoms with Crippen molar-refractivity contribution >= 4 is 23.5 Å². The van der Waals surface area contributed by atoms with Gasteiger partial charge >= 0.3 is 6.03 Å². The van der Waals surface area contributed by atoms with Crippen LogP contribution < -0.4 is 5.32 Å². The van der Waals surface area contributed by atoms with Crippen LogP contribution in [0, 0.1) is 0 Å². The Morgan fingerprint density at radius 1 is 1.38 bits per heavy atom. The Balaban J connectivity index is 2.32. The van der Waals surface area contributed by atoms with Gasteiger partial charge in [-0.1, -0.05) is 29.8 Å². The molecule has 0 aromatic heterocycles. The summed E-state index contributed by atoms with van der Waals surface area (Å²) in [6, 6.07) is 6.49. The van der Waals surface area contributed by atoms with Crippen LogP contribution in [0.2, 0.25) is 5.02 Å². The van der Waals surface area contributed by atoms with E-state index in [2.05, 4.69) is 5.32 Å². The summed E-state index contributed by atoms with van der Waals surface area (Å²) >= 11 is 6.02. The van der Waals surface area contributed by atoms with Crippen molar-refractivity contribution in [2.24, 2.45) is 0 Å². The van der Waals surface area contributed by atoms with E-state index in [0.29, 0.717) is 5.02 Å². The van der Waals surface area contributed by atoms with Gasteiger partial charge in [-0.2, -0.15) is 0 Å². The minimum atomic E-state index is -0.364. The van der Waals surface area contributed by atoms with E-state index in [-0.39, 0.29) is 24.5 Å². The predicted octanol–water partition coefficient (Wildman–Crippen LogP) is 1.95. The van der Waals surface area contributed by atoms with Crippen molar-refractivity contribution in [3.05, 3.63) is 34.9 Å². The lowest BCUT2D eigenvalue weighted by atomic mass is 10.1. The first-order valence-electron chi connectivity index (χ1n) is 4.95. The number of carbonyl (C=O) groups excluding carboxylic acids is 2. The number of rotatable bonds is 2. The van der Waals surface area contributed by atoms with E-state index in [1.807, 2.05) is 18.2 Å². The Morgan fingerprint density at radius 2 is 2.06 bits per heavy atom. The summed E-state index contributed by atoms with van der Waals surface area (Å²) in [7, 11) is 0. The Labute approximate surface area is 98.2 Å². The summed E-state index contributed by atoms with van der Waals surface area (Å²) in [4.78, 5) is 24.2. The van der Waals surface area contributed by atoms with Crippen molar-refractivity contribution in [3.8, 4) is 0 Å². The maximum atomic E-state index is 11.5. The molecule has 84 valence electrons. The van der Waals surface area contributed by atoms with Crippen LogP contribution in [0.1, 0.15) is 18.5 Å². The lowest BCUT2D eigenvalue weighted by molar-refractivity contribution is -0.126. The number of nitrogens with one attached hydrogen (secondary N) is 1. The molecule has 0 saturated carbocycles. The van der Waals surface area contributed by atoms with E-state index in [0.717, 1.165) is 5.56 Å². The smallest absolute Gasteiger partial charge is 0.325 e. The highest BCUT2D eigenvalue weighted by Crippen LogP contribution is 2.28. The summed E-state index contributed by atoms with van der Waals surface area (Å²) in [6.07, 6.45) is 0. The average Bonchev–Trinajstić information content (AvgIpc) is 2.58. The summed E-state index contributed by atoms with van der Waals surface area (Å²) in [5.41, 5.74) is 0.773. The molecule has 4 nitrogen and oxygen atoms in total. The molecule has 1 fully saturated rings. The minimum absolute atomic E-state index is 0.0631. The third-order valence-corrected chi connectivity index (χ3v) is 2.97. The van der Waals surface area contributed by atoms with Crippen LogP contribution in [-0.2, 0) is 4.79 Å². The molecule has 1 unspecified atom stereocenters. The van der Waals surface area contributed by atoms with Gasteiger partial charge in [-0.05, 0) is 18.6 Å². The number of hydrogen-bond acceptors (Lipinski definition) is 2. The van der Waals surface area contributed by atoms with E-state index in [1.54, 1.807) is 13.0 Å². The van der Waals surface area contributed by atoms with E-state index >= 15 is 0 Å². The summed E-state index contributed by atoms with van der Waals surface area (Å²) < 4.78 is 0. The molecule has 1 N–H and O–H groups in total. The highest BCUT2D eigenvalue weighted by Gasteiger charge is 2.33. The van der Waals surface area contributed by atoms with Crippen LogP contribution in [0.15, 0.2) is 24.3 Å². The number of urea groups is 1. The molecular weight excluding hydrogens is 228 g/mol. The van der Waals surface area contributed by atoms with Crippen molar-refractivity contribution in [2.45, 2.75) is 13.0 Å². The van der Waals surface area contributed by atoms with Crippen LogP contribution in [0.4, 0.5) is 4.79 Å². The zero-order valence-corrected chi connectivity index (χ0v) is 9.49. The summed E-state index contributed by atoms with van der Waals surface area (Å²) in [5.74, 6) is -0.225. The van der Waals surface area contributed by atoms with Gasteiger partial charge in [0.15, 0.2) is 0 Å². The fraction of sp³-hybridized carbons (Fsp3) is 0.273. The number of benzene rings is 1. The van der Waals surface area contributed by atoms with Crippen molar-refractivity contribution in [3.63, 3.8) is 0 Å². The largest absolute Gasteiger partial charge is 0.329 e. The molecule has 1 aromatic carbocycles. The molecule has 1 saturated heterocycles. The SMILES string of the molecule is CC(c1ccccc1Cl)N1C(=O)CNC1=O. The molecule has 1 aliphatic rings. The molecule has 3 amide bonds. The Kier molecular flexibility index (Phi) is 2.83. The van der Waals surface area contributed by atoms with Crippen LogP contribution in [-0.4, -0.2) is 23.4 Å². The topological polar surface area (TPSA) is 49.4 Å². The molecule has 1 aliphatic heterocycles. The maximum absolute atomic E-state index is 11.5. The molecule has 2 rings (SSSR count). The monoisotopic (exact) mass is 238 g/mol. The first-order chi connectivity index (χ1) is 7.61. The van der Waals surface area contributed by atoms with Crippen LogP contribution in [0.5, 0.6) is 0 Å². The standard InChI is InChI=1S/C11H11ClN2O2/c1-7(8-4-2-3-5-9(8)12)14-10(15)6-13-11(14)16/h2-5,7H,6H2,1H3,(H,13,16). The van der Waals surface area contributed by atoms with Crippen LogP contribution in [0.3, 0.4) is 0 Å². The van der Waals surface area contributed by atoms with Crippen molar-refractivity contribution in [1.29, 1.82) is 0 Å². The van der Waals surface area contributed by atoms with Gasteiger partial charge in [0.2, 0.25) is 0 Å². The summed E-state index contributed by atoms with van der Waals surface area (Å²) in [6.45, 7) is 1.84.